The van der Waals surface area contributed by atoms with Crippen molar-refractivity contribution < 1.29 is 14.3 Å². The number of amides is 1. The largest absolute Gasteiger partial charge is 0.493 e. The first-order valence-corrected chi connectivity index (χ1v) is 12.1. The number of ether oxygens (including phenoxy) is 2. The number of methoxy groups -OCH3 is 1. The number of benzene rings is 1. The molecule has 1 atom stereocenters. The summed E-state index contributed by atoms with van der Waals surface area (Å²) < 4.78 is 13.5. The molecule has 5 rings (SSSR count). The van der Waals surface area contributed by atoms with Crippen molar-refractivity contribution in [2.45, 2.75) is 32.3 Å². The van der Waals surface area contributed by atoms with Crippen LogP contribution in [-0.4, -0.2) is 45.6 Å². The fourth-order valence-corrected chi connectivity index (χ4v) is 4.86. The van der Waals surface area contributed by atoms with E-state index in [9.17, 15) is 4.79 Å². The van der Waals surface area contributed by atoms with Crippen molar-refractivity contribution in [3.8, 4) is 11.5 Å². The van der Waals surface area contributed by atoms with Gasteiger partial charge in [0.15, 0.2) is 11.5 Å². The van der Waals surface area contributed by atoms with Crippen molar-refractivity contribution in [1.29, 1.82) is 0 Å². The highest BCUT2D eigenvalue weighted by molar-refractivity contribution is 5.97. The van der Waals surface area contributed by atoms with E-state index < -0.39 is 0 Å². The molecular formula is C28H30N4O3. The van der Waals surface area contributed by atoms with Crippen LogP contribution in [0, 0.1) is 5.92 Å². The maximum absolute atomic E-state index is 13.6. The lowest BCUT2D eigenvalue weighted by molar-refractivity contribution is 0.0754. The fourth-order valence-electron chi connectivity index (χ4n) is 4.86. The zero-order valence-electron chi connectivity index (χ0n) is 20.0. The van der Waals surface area contributed by atoms with Crippen LogP contribution < -0.4 is 9.47 Å². The number of hydrogen-bond donors (Lipinski definition) is 0. The molecular weight excluding hydrogens is 440 g/mol. The highest BCUT2D eigenvalue weighted by Crippen LogP contribution is 2.33. The lowest BCUT2D eigenvalue weighted by Gasteiger charge is -2.23. The predicted octanol–water partition coefficient (Wildman–Crippen LogP) is 4.80. The molecule has 0 spiro atoms. The van der Waals surface area contributed by atoms with E-state index in [4.69, 9.17) is 9.47 Å². The molecule has 0 saturated carbocycles. The van der Waals surface area contributed by atoms with E-state index in [1.165, 1.54) is 5.56 Å². The number of nitrogens with zero attached hydrogens (tertiary/aromatic N) is 4. The predicted molar refractivity (Wildman–Crippen MR) is 134 cm³/mol. The molecule has 0 aliphatic carbocycles. The molecule has 1 amide bonds. The molecule has 1 saturated heterocycles. The zero-order valence-corrected chi connectivity index (χ0v) is 20.0. The summed E-state index contributed by atoms with van der Waals surface area (Å²) >= 11 is 0. The average Bonchev–Trinajstić information content (AvgIpc) is 3.27. The summed E-state index contributed by atoms with van der Waals surface area (Å²) in [5.74, 6) is 1.53. The Morgan fingerprint density at radius 1 is 1.03 bits per heavy atom. The second kappa shape index (κ2) is 10.6. The monoisotopic (exact) mass is 470 g/mol. The first-order valence-electron chi connectivity index (χ1n) is 12.1. The Kier molecular flexibility index (Phi) is 6.93. The van der Waals surface area contributed by atoms with Gasteiger partial charge in [-0.2, -0.15) is 5.10 Å². The zero-order chi connectivity index (χ0) is 24.0. The Labute approximate surface area is 205 Å². The van der Waals surface area contributed by atoms with Gasteiger partial charge in [-0.05, 0) is 73.6 Å². The molecule has 7 heteroatoms. The number of carbonyl (C=O) groups excluding carboxylic acids is 1. The summed E-state index contributed by atoms with van der Waals surface area (Å²) in [5, 5.41) is 4.35. The Morgan fingerprint density at radius 2 is 1.97 bits per heavy atom. The van der Waals surface area contributed by atoms with E-state index >= 15 is 0 Å². The maximum atomic E-state index is 13.6. The second-order valence-corrected chi connectivity index (χ2v) is 8.93. The van der Waals surface area contributed by atoms with Crippen LogP contribution >= 0.6 is 0 Å². The van der Waals surface area contributed by atoms with Crippen LogP contribution in [0.3, 0.4) is 0 Å². The van der Waals surface area contributed by atoms with Crippen molar-refractivity contribution >= 4 is 11.4 Å². The molecule has 35 heavy (non-hydrogen) atoms. The topological polar surface area (TPSA) is 69.0 Å². The highest BCUT2D eigenvalue weighted by atomic mass is 16.5. The number of carbonyl (C=O) groups is 1. The first-order chi connectivity index (χ1) is 17.2. The van der Waals surface area contributed by atoms with Gasteiger partial charge < -0.3 is 14.4 Å². The SMILES string of the molecule is COc1cccc(C(=O)N2CCCC(Cc3cccn4nccc34)CC2)c1OCc1ccccn1. The summed E-state index contributed by atoms with van der Waals surface area (Å²) in [7, 11) is 1.59. The Balaban J connectivity index is 1.29. The van der Waals surface area contributed by atoms with E-state index in [0.717, 1.165) is 50.0 Å². The number of rotatable bonds is 7. The molecule has 1 aromatic carbocycles. The first kappa shape index (κ1) is 22.9. The number of pyridine rings is 2. The lowest BCUT2D eigenvalue weighted by atomic mass is 9.92. The van der Waals surface area contributed by atoms with Gasteiger partial charge in [0.2, 0.25) is 0 Å². The van der Waals surface area contributed by atoms with Gasteiger partial charge in [-0.1, -0.05) is 18.2 Å². The van der Waals surface area contributed by atoms with E-state index in [0.29, 0.717) is 23.0 Å². The van der Waals surface area contributed by atoms with Gasteiger partial charge in [0.25, 0.3) is 5.91 Å². The summed E-state index contributed by atoms with van der Waals surface area (Å²) in [6.07, 6.45) is 9.59. The lowest BCUT2D eigenvalue weighted by Crippen LogP contribution is -2.32. The summed E-state index contributed by atoms with van der Waals surface area (Å²) in [6.45, 7) is 1.73. The van der Waals surface area contributed by atoms with Crippen molar-refractivity contribution in [2.24, 2.45) is 5.92 Å². The Bertz CT molecular complexity index is 1290. The smallest absolute Gasteiger partial charge is 0.257 e. The van der Waals surface area contributed by atoms with Crippen molar-refractivity contribution in [2.75, 3.05) is 20.2 Å². The summed E-state index contributed by atoms with van der Waals surface area (Å²) in [6, 6.07) is 17.5. The van der Waals surface area contributed by atoms with E-state index in [1.54, 1.807) is 13.3 Å². The quantitative estimate of drug-likeness (QED) is 0.388. The van der Waals surface area contributed by atoms with Gasteiger partial charge in [0.1, 0.15) is 6.61 Å². The van der Waals surface area contributed by atoms with Crippen molar-refractivity contribution in [1.82, 2.24) is 19.5 Å². The van der Waals surface area contributed by atoms with Crippen LogP contribution in [0.2, 0.25) is 0 Å². The molecule has 7 nitrogen and oxygen atoms in total. The molecule has 1 aliphatic rings. The van der Waals surface area contributed by atoms with Crippen molar-refractivity contribution in [3.05, 3.63) is 90.0 Å². The number of para-hydroxylation sites is 1. The van der Waals surface area contributed by atoms with Gasteiger partial charge >= 0.3 is 0 Å². The van der Waals surface area contributed by atoms with Crippen LogP contribution in [0.5, 0.6) is 11.5 Å². The van der Waals surface area contributed by atoms with Crippen LogP contribution in [0.25, 0.3) is 5.52 Å². The van der Waals surface area contributed by atoms with Crippen LogP contribution in [-0.2, 0) is 13.0 Å². The van der Waals surface area contributed by atoms with E-state index in [2.05, 4.69) is 28.3 Å². The number of aromatic nitrogens is 3. The van der Waals surface area contributed by atoms with Gasteiger partial charge in [0.05, 0.1) is 23.9 Å². The molecule has 0 radical (unpaired) electrons. The second-order valence-electron chi connectivity index (χ2n) is 8.93. The van der Waals surface area contributed by atoms with Crippen LogP contribution in [0.15, 0.2) is 73.2 Å². The normalized spacial score (nSPS) is 16.1. The Morgan fingerprint density at radius 3 is 2.83 bits per heavy atom. The molecule has 1 unspecified atom stereocenters. The number of hydrogen-bond acceptors (Lipinski definition) is 5. The minimum atomic E-state index is -0.0153. The van der Waals surface area contributed by atoms with E-state index in [1.807, 2.05) is 58.2 Å². The molecule has 1 aliphatic heterocycles. The number of likely N-dealkylation sites (tertiary alicyclic amines) is 1. The van der Waals surface area contributed by atoms with E-state index in [-0.39, 0.29) is 12.5 Å². The average molecular weight is 471 g/mol. The minimum Gasteiger partial charge on any atom is -0.493 e. The molecule has 0 N–H and O–H groups in total. The fraction of sp³-hybridized carbons (Fsp3) is 0.321. The third-order valence-corrected chi connectivity index (χ3v) is 6.69. The van der Waals surface area contributed by atoms with Crippen LogP contribution in [0.1, 0.15) is 40.9 Å². The van der Waals surface area contributed by atoms with Gasteiger partial charge in [-0.15, -0.1) is 0 Å². The molecule has 4 heterocycles. The number of fused-ring (bicyclic) bond motifs is 1. The maximum Gasteiger partial charge on any atom is 0.257 e. The van der Waals surface area contributed by atoms with Crippen LogP contribution in [0.4, 0.5) is 0 Å². The molecule has 180 valence electrons. The molecule has 0 bridgehead atoms. The third kappa shape index (κ3) is 5.14. The molecule has 3 aromatic heterocycles. The van der Waals surface area contributed by atoms with Crippen molar-refractivity contribution in [3.63, 3.8) is 0 Å². The highest BCUT2D eigenvalue weighted by Gasteiger charge is 2.26. The molecule has 4 aromatic rings. The van der Waals surface area contributed by atoms with Gasteiger partial charge in [0, 0.05) is 31.7 Å². The summed E-state index contributed by atoms with van der Waals surface area (Å²) in [5.41, 5.74) is 3.80. The standard InChI is InChI=1S/C28H30N4O3/c1-34-26-11-4-10-24(27(26)35-20-23-9-2-3-14-29-23)28(33)31-16-5-7-21(13-18-31)19-22-8-6-17-32-25(22)12-15-30-32/h2-4,6,8-12,14-15,17,21H,5,7,13,16,18-20H2,1H3. The van der Waals surface area contributed by atoms with Gasteiger partial charge in [-0.25, -0.2) is 4.52 Å². The minimum absolute atomic E-state index is 0.0153. The summed E-state index contributed by atoms with van der Waals surface area (Å²) in [4.78, 5) is 19.9. The molecule has 1 fully saturated rings. The Hall–Kier alpha value is -3.87. The van der Waals surface area contributed by atoms with Gasteiger partial charge in [-0.3, -0.25) is 9.78 Å². The third-order valence-electron chi connectivity index (χ3n) is 6.69.